The number of hydrogen-bond acceptors (Lipinski definition) is 4. The van der Waals surface area contributed by atoms with E-state index in [0.29, 0.717) is 6.61 Å². The van der Waals surface area contributed by atoms with Gasteiger partial charge in [-0.2, -0.15) is 0 Å². The minimum Gasteiger partial charge on any atom is -0.550 e. The molecule has 0 aliphatic heterocycles. The Kier molecular flexibility index (Phi) is 24.4. The van der Waals surface area contributed by atoms with Gasteiger partial charge in [0.25, 0.3) is 0 Å². The van der Waals surface area contributed by atoms with Gasteiger partial charge in [0.2, 0.25) is 0 Å². The molecule has 0 aromatic heterocycles. The predicted molar refractivity (Wildman–Crippen MR) is 101 cm³/mol. The van der Waals surface area contributed by atoms with Gasteiger partial charge in [-0.25, -0.2) is 0 Å². The molecule has 0 bridgehead atoms. The van der Waals surface area contributed by atoms with Crippen molar-refractivity contribution in [2.75, 3.05) is 6.61 Å². The van der Waals surface area contributed by atoms with E-state index in [0.717, 1.165) is 12.8 Å². The van der Waals surface area contributed by atoms with Crippen LogP contribution >= 0.6 is 0 Å². The van der Waals surface area contributed by atoms with Crippen LogP contribution in [-0.2, 0) is 14.3 Å². The van der Waals surface area contributed by atoms with Crippen molar-refractivity contribution < 1.29 is 19.4 Å². The summed E-state index contributed by atoms with van der Waals surface area (Å²) in [6.07, 6.45) is 17.8. The first-order valence-corrected chi connectivity index (χ1v) is 10.0. The number of rotatable bonds is 18. The smallest absolute Gasteiger partial charge is 0.550 e. The topological polar surface area (TPSA) is 66.4 Å². The molecule has 0 aromatic rings. The molecule has 0 atom stereocenters. The summed E-state index contributed by atoms with van der Waals surface area (Å²) in [5.74, 6) is -1.64. The molecule has 4 nitrogen and oxygen atoms in total. The first-order valence-electron chi connectivity index (χ1n) is 10.0. The van der Waals surface area contributed by atoms with Crippen molar-refractivity contribution in [2.24, 2.45) is 0 Å². The van der Waals surface area contributed by atoms with Crippen molar-refractivity contribution in [3.05, 3.63) is 0 Å². The molecule has 0 N–H and O–H groups in total. The third-order valence-electron chi connectivity index (χ3n) is 4.29. The zero-order chi connectivity index (χ0) is 17.9. The average Bonchev–Trinajstić information content (AvgIpc) is 2.56. The summed E-state index contributed by atoms with van der Waals surface area (Å²) < 4.78 is 4.97. The molecule has 0 unspecified atom stereocenters. The quantitative estimate of drug-likeness (QED) is 0.203. The minimum absolute atomic E-state index is 0. The maximum Gasteiger partial charge on any atom is 2.00 e. The van der Waals surface area contributed by atoms with Crippen LogP contribution in [-0.4, -0.2) is 56.3 Å². The van der Waals surface area contributed by atoms with E-state index in [1.165, 1.54) is 77.0 Å². The predicted octanol–water partition coefficient (Wildman–Crippen LogP) is 4.16. The molecule has 0 aromatic carbocycles. The van der Waals surface area contributed by atoms with Gasteiger partial charge >= 0.3 is 43.7 Å². The fourth-order valence-corrected chi connectivity index (χ4v) is 2.76. The van der Waals surface area contributed by atoms with Gasteiger partial charge in [-0.05, 0) is 12.8 Å². The van der Waals surface area contributed by atoms with Crippen LogP contribution in [0.2, 0.25) is 0 Å². The molecule has 0 heterocycles. The molecule has 0 amide bonds. The molecule has 0 rings (SSSR count). The van der Waals surface area contributed by atoms with Crippen LogP contribution in [0.3, 0.4) is 0 Å². The van der Waals surface area contributed by atoms with Crippen molar-refractivity contribution >= 4 is 49.7 Å². The van der Waals surface area contributed by atoms with Crippen molar-refractivity contribution in [3.63, 3.8) is 0 Å². The Balaban J connectivity index is 0. The van der Waals surface area contributed by atoms with Gasteiger partial charge < -0.3 is 14.6 Å². The van der Waals surface area contributed by atoms with E-state index in [-0.39, 0.29) is 50.6 Å². The van der Waals surface area contributed by atoms with E-state index in [2.05, 4.69) is 6.92 Å². The standard InChI is InChI=1S/C20H38O4.Ca/c1-2-3-4-5-6-7-8-9-10-11-12-13-14-15-18-24-20(23)17-16-19(21)22;/h2-18H2,1H3,(H,21,22);/q;+2/p-1. The van der Waals surface area contributed by atoms with Crippen molar-refractivity contribution in [2.45, 2.75) is 110 Å². The zero-order valence-electron chi connectivity index (χ0n) is 16.4. The van der Waals surface area contributed by atoms with Gasteiger partial charge in [0, 0.05) is 5.97 Å². The summed E-state index contributed by atoms with van der Waals surface area (Å²) in [7, 11) is 0. The fraction of sp³-hybridized carbons (Fsp3) is 0.900. The first kappa shape index (κ1) is 27.4. The van der Waals surface area contributed by atoms with E-state index < -0.39 is 11.9 Å². The summed E-state index contributed by atoms with van der Waals surface area (Å²) in [5.41, 5.74) is 0. The Hall–Kier alpha value is 0.200. The normalized spacial score (nSPS) is 10.3. The average molecular weight is 382 g/mol. The van der Waals surface area contributed by atoms with Gasteiger partial charge in [0.1, 0.15) is 0 Å². The zero-order valence-corrected chi connectivity index (χ0v) is 18.6. The molecule has 142 valence electrons. The molecule has 0 fully saturated rings. The summed E-state index contributed by atoms with van der Waals surface area (Å²) in [6, 6.07) is 0. The molecule has 5 heteroatoms. The van der Waals surface area contributed by atoms with E-state index >= 15 is 0 Å². The number of carboxylic acids is 1. The van der Waals surface area contributed by atoms with Crippen LogP contribution in [0.15, 0.2) is 0 Å². The largest absolute Gasteiger partial charge is 2.00 e. The van der Waals surface area contributed by atoms with E-state index in [1.807, 2.05) is 0 Å². The first-order chi connectivity index (χ1) is 11.7. The number of aliphatic carboxylic acids is 1. The third kappa shape index (κ3) is 24.2. The second-order valence-electron chi connectivity index (χ2n) is 6.69. The Bertz CT molecular complexity index is 308. The third-order valence-corrected chi connectivity index (χ3v) is 4.29. The van der Waals surface area contributed by atoms with Gasteiger partial charge in [-0.3, -0.25) is 4.79 Å². The molecule has 0 spiro atoms. The summed E-state index contributed by atoms with van der Waals surface area (Å²) in [4.78, 5) is 21.4. The second kappa shape index (κ2) is 22.2. The number of carboxylic acid groups (broad SMARTS) is 1. The van der Waals surface area contributed by atoms with Gasteiger partial charge in [0.15, 0.2) is 0 Å². The van der Waals surface area contributed by atoms with Crippen molar-refractivity contribution in [1.29, 1.82) is 0 Å². The SMILES string of the molecule is CCCCCCCCCCCCCCCCOC(=O)CCC(=O)[O-].[Ca+2]. The Morgan fingerprint density at radius 1 is 0.680 bits per heavy atom. The van der Waals surface area contributed by atoms with Crippen LogP contribution in [0, 0.1) is 0 Å². The van der Waals surface area contributed by atoms with Crippen molar-refractivity contribution in [1.82, 2.24) is 0 Å². The maximum atomic E-state index is 11.2. The molecule has 25 heavy (non-hydrogen) atoms. The van der Waals surface area contributed by atoms with Crippen LogP contribution in [0.1, 0.15) is 110 Å². The number of esters is 1. The summed E-state index contributed by atoms with van der Waals surface area (Å²) >= 11 is 0. The van der Waals surface area contributed by atoms with E-state index in [1.54, 1.807) is 0 Å². The number of hydrogen-bond donors (Lipinski definition) is 0. The van der Waals surface area contributed by atoms with Crippen LogP contribution in [0.4, 0.5) is 0 Å². The maximum absolute atomic E-state index is 11.2. The van der Waals surface area contributed by atoms with E-state index in [4.69, 9.17) is 4.74 Å². The minimum atomic E-state index is -1.21. The number of ether oxygens (including phenoxy) is 1. The van der Waals surface area contributed by atoms with Crippen LogP contribution in [0.5, 0.6) is 0 Å². The number of carbonyl (C=O) groups excluding carboxylic acids is 2. The van der Waals surface area contributed by atoms with Crippen LogP contribution in [0.25, 0.3) is 0 Å². The molecule has 0 aliphatic carbocycles. The second-order valence-corrected chi connectivity index (χ2v) is 6.69. The van der Waals surface area contributed by atoms with Crippen molar-refractivity contribution in [3.8, 4) is 0 Å². The molecular formula is C20H37CaO4+. The molecule has 0 radical (unpaired) electrons. The molecule has 0 saturated heterocycles. The van der Waals surface area contributed by atoms with Gasteiger partial charge in [-0.15, -0.1) is 0 Å². The number of carbonyl (C=O) groups is 2. The van der Waals surface area contributed by atoms with Gasteiger partial charge in [-0.1, -0.05) is 90.4 Å². The molecular weight excluding hydrogens is 344 g/mol. The van der Waals surface area contributed by atoms with Crippen LogP contribution < -0.4 is 5.11 Å². The summed E-state index contributed by atoms with van der Waals surface area (Å²) in [5, 5.41) is 10.2. The summed E-state index contributed by atoms with van der Waals surface area (Å²) in [6.45, 7) is 2.66. The Morgan fingerprint density at radius 2 is 1.08 bits per heavy atom. The molecule has 0 aliphatic rings. The monoisotopic (exact) mass is 381 g/mol. The Morgan fingerprint density at radius 3 is 1.48 bits per heavy atom. The van der Waals surface area contributed by atoms with Gasteiger partial charge in [0.05, 0.1) is 13.0 Å². The Labute approximate surface area is 184 Å². The number of unbranched alkanes of at least 4 members (excludes halogenated alkanes) is 13. The van der Waals surface area contributed by atoms with E-state index in [9.17, 15) is 14.7 Å². The fourth-order valence-electron chi connectivity index (χ4n) is 2.76. The molecule has 0 saturated carbocycles.